The number of aromatic nitrogens is 1. The second kappa shape index (κ2) is 9.65. The van der Waals surface area contributed by atoms with E-state index in [2.05, 4.69) is 41.5 Å². The number of carbonyl (C=O) groups excluding carboxylic acids is 2. The second-order valence-corrected chi connectivity index (χ2v) is 8.98. The third kappa shape index (κ3) is 4.52. The number of fused-ring (bicyclic) bond motifs is 1. The van der Waals surface area contributed by atoms with Crippen LogP contribution in [-0.2, 0) is 11.2 Å². The van der Waals surface area contributed by atoms with E-state index in [9.17, 15) is 9.59 Å². The van der Waals surface area contributed by atoms with Crippen molar-refractivity contribution in [3.63, 3.8) is 0 Å². The van der Waals surface area contributed by atoms with Crippen molar-refractivity contribution in [2.24, 2.45) is 0 Å². The highest BCUT2D eigenvalue weighted by Gasteiger charge is 2.25. The number of anilines is 1. The monoisotopic (exact) mass is 451 g/mol. The van der Waals surface area contributed by atoms with Gasteiger partial charge in [-0.2, -0.15) is 0 Å². The van der Waals surface area contributed by atoms with Crippen LogP contribution in [0.3, 0.4) is 0 Å². The lowest BCUT2D eigenvalue weighted by Gasteiger charge is -2.18. The number of aryl methyl sites for hydroxylation is 1. The molecule has 0 aliphatic carbocycles. The third-order valence-electron chi connectivity index (χ3n) is 6.59. The average Bonchev–Trinajstić information content (AvgIpc) is 3.49. The molecule has 3 aromatic carbocycles. The van der Waals surface area contributed by atoms with Gasteiger partial charge in [0.05, 0.1) is 6.04 Å². The SMILES string of the molecule is Cc1ccc(CCN[C@@H](C(=O)c2c[nH]c3cc(N4CCCC4=O)ccc23)c2ccccc2)cc1. The van der Waals surface area contributed by atoms with E-state index in [-0.39, 0.29) is 11.7 Å². The number of rotatable bonds is 8. The van der Waals surface area contributed by atoms with Crippen molar-refractivity contribution in [2.45, 2.75) is 32.2 Å². The first-order chi connectivity index (χ1) is 16.6. The molecule has 1 saturated heterocycles. The molecule has 1 aromatic heterocycles. The number of hydrogen-bond donors (Lipinski definition) is 2. The number of Topliss-reactive ketones (excluding diaryl/α,β-unsaturated/α-hetero) is 1. The Morgan fingerprint density at radius 3 is 2.59 bits per heavy atom. The molecule has 5 rings (SSSR count). The minimum atomic E-state index is -0.439. The summed E-state index contributed by atoms with van der Waals surface area (Å²) in [6.45, 7) is 3.52. The number of H-pyrrole nitrogens is 1. The molecule has 1 aliphatic rings. The number of nitrogens with zero attached hydrogens (tertiary/aromatic N) is 1. The summed E-state index contributed by atoms with van der Waals surface area (Å²) in [5, 5.41) is 4.37. The maximum atomic E-state index is 13.8. The molecule has 0 unspecified atom stereocenters. The van der Waals surface area contributed by atoms with Gasteiger partial charge in [0.1, 0.15) is 0 Å². The number of carbonyl (C=O) groups is 2. The second-order valence-electron chi connectivity index (χ2n) is 8.98. The number of ketones is 1. The predicted molar refractivity (Wildman–Crippen MR) is 136 cm³/mol. The van der Waals surface area contributed by atoms with Gasteiger partial charge in [-0.1, -0.05) is 66.2 Å². The zero-order chi connectivity index (χ0) is 23.5. The summed E-state index contributed by atoms with van der Waals surface area (Å²) in [6, 6.07) is 23.8. The van der Waals surface area contributed by atoms with E-state index in [1.165, 1.54) is 11.1 Å². The molecule has 2 N–H and O–H groups in total. The number of aromatic amines is 1. The van der Waals surface area contributed by atoms with Gasteiger partial charge in [0.15, 0.2) is 5.78 Å². The van der Waals surface area contributed by atoms with Crippen molar-refractivity contribution in [2.75, 3.05) is 18.0 Å². The van der Waals surface area contributed by atoms with Gasteiger partial charge >= 0.3 is 0 Å². The normalized spacial score (nSPS) is 14.6. The Balaban J connectivity index is 1.39. The van der Waals surface area contributed by atoms with E-state index in [4.69, 9.17) is 0 Å². The molecule has 0 spiro atoms. The van der Waals surface area contributed by atoms with E-state index in [1.54, 1.807) is 6.20 Å². The molecule has 1 amide bonds. The first-order valence-electron chi connectivity index (χ1n) is 11.9. The molecule has 34 heavy (non-hydrogen) atoms. The minimum Gasteiger partial charge on any atom is -0.360 e. The van der Waals surface area contributed by atoms with Crippen LogP contribution in [0.25, 0.3) is 10.9 Å². The van der Waals surface area contributed by atoms with Crippen LogP contribution in [-0.4, -0.2) is 29.8 Å². The molecule has 5 heteroatoms. The van der Waals surface area contributed by atoms with Gasteiger partial charge in [-0.25, -0.2) is 0 Å². The van der Waals surface area contributed by atoms with Crippen LogP contribution in [0.2, 0.25) is 0 Å². The highest BCUT2D eigenvalue weighted by Crippen LogP contribution is 2.29. The van der Waals surface area contributed by atoms with Crippen LogP contribution in [0.1, 0.15) is 45.9 Å². The van der Waals surface area contributed by atoms with Crippen molar-refractivity contribution in [3.8, 4) is 0 Å². The van der Waals surface area contributed by atoms with Gasteiger partial charge in [-0.15, -0.1) is 0 Å². The summed E-state index contributed by atoms with van der Waals surface area (Å²) in [7, 11) is 0. The van der Waals surface area contributed by atoms with Gasteiger partial charge in [-0.3, -0.25) is 9.59 Å². The Hall–Kier alpha value is -3.70. The van der Waals surface area contributed by atoms with Gasteiger partial charge in [0.25, 0.3) is 0 Å². The summed E-state index contributed by atoms with van der Waals surface area (Å²) >= 11 is 0. The maximum Gasteiger partial charge on any atom is 0.227 e. The standard InChI is InChI=1S/C29H29N3O2/c1-20-9-11-21(12-10-20)15-16-30-28(22-6-3-2-4-7-22)29(34)25-19-31-26-18-23(13-14-24(25)26)32-17-5-8-27(32)33/h2-4,6-7,9-14,18-19,28,30-31H,5,8,15-17H2,1H3/t28-/m1/s1. The summed E-state index contributed by atoms with van der Waals surface area (Å²) in [5.74, 6) is 0.190. The molecule has 1 fully saturated rings. The Morgan fingerprint density at radius 2 is 1.85 bits per heavy atom. The molecule has 1 atom stereocenters. The predicted octanol–water partition coefficient (Wildman–Crippen LogP) is 5.36. The van der Waals surface area contributed by atoms with Gasteiger partial charge in [0, 0.05) is 47.9 Å². The van der Waals surface area contributed by atoms with Crippen molar-refractivity contribution in [1.82, 2.24) is 10.3 Å². The Labute approximate surface area is 199 Å². The zero-order valence-corrected chi connectivity index (χ0v) is 19.4. The summed E-state index contributed by atoms with van der Waals surface area (Å²) in [4.78, 5) is 31.0. The molecule has 4 aromatic rings. The Bertz CT molecular complexity index is 1310. The molecule has 0 saturated carbocycles. The fourth-order valence-corrected chi connectivity index (χ4v) is 4.69. The zero-order valence-electron chi connectivity index (χ0n) is 19.4. The lowest BCUT2D eigenvalue weighted by molar-refractivity contribution is -0.117. The smallest absolute Gasteiger partial charge is 0.227 e. The molecule has 172 valence electrons. The fourth-order valence-electron chi connectivity index (χ4n) is 4.69. The van der Waals surface area contributed by atoms with Crippen LogP contribution in [0.15, 0.2) is 79.0 Å². The largest absolute Gasteiger partial charge is 0.360 e. The highest BCUT2D eigenvalue weighted by molar-refractivity contribution is 6.11. The summed E-state index contributed by atoms with van der Waals surface area (Å²) in [5.41, 5.74) is 5.84. The van der Waals surface area contributed by atoms with Crippen LogP contribution in [0.4, 0.5) is 5.69 Å². The molecule has 2 heterocycles. The molecular formula is C29H29N3O2. The van der Waals surface area contributed by atoms with Crippen molar-refractivity contribution in [1.29, 1.82) is 0 Å². The first kappa shape index (κ1) is 22.1. The molecule has 5 nitrogen and oxygen atoms in total. The van der Waals surface area contributed by atoms with Crippen LogP contribution in [0.5, 0.6) is 0 Å². The van der Waals surface area contributed by atoms with Crippen molar-refractivity contribution in [3.05, 3.63) is 101 Å². The lowest BCUT2D eigenvalue weighted by atomic mass is 9.96. The molecule has 0 radical (unpaired) electrons. The Kier molecular flexibility index (Phi) is 6.28. The van der Waals surface area contributed by atoms with E-state index in [0.717, 1.165) is 41.5 Å². The summed E-state index contributed by atoms with van der Waals surface area (Å²) in [6.07, 6.45) is 4.12. The molecule has 1 aliphatic heterocycles. The first-order valence-corrected chi connectivity index (χ1v) is 11.9. The number of amides is 1. The van der Waals surface area contributed by atoms with Crippen molar-refractivity contribution >= 4 is 28.3 Å². The maximum absolute atomic E-state index is 13.8. The Morgan fingerprint density at radius 1 is 1.06 bits per heavy atom. The van der Waals surface area contributed by atoms with Crippen LogP contribution < -0.4 is 10.2 Å². The summed E-state index contributed by atoms with van der Waals surface area (Å²) < 4.78 is 0. The van der Waals surface area contributed by atoms with E-state index >= 15 is 0 Å². The average molecular weight is 452 g/mol. The lowest BCUT2D eigenvalue weighted by Crippen LogP contribution is -2.30. The van der Waals surface area contributed by atoms with Gasteiger partial charge in [0.2, 0.25) is 5.91 Å². The highest BCUT2D eigenvalue weighted by atomic mass is 16.2. The van der Waals surface area contributed by atoms with E-state index < -0.39 is 6.04 Å². The minimum absolute atomic E-state index is 0.0337. The van der Waals surface area contributed by atoms with E-state index in [1.807, 2.05) is 53.4 Å². The molecule has 0 bridgehead atoms. The third-order valence-corrected chi connectivity index (χ3v) is 6.59. The van der Waals surface area contributed by atoms with Crippen LogP contribution in [0, 0.1) is 6.92 Å². The van der Waals surface area contributed by atoms with Crippen LogP contribution >= 0.6 is 0 Å². The van der Waals surface area contributed by atoms with Gasteiger partial charge in [-0.05, 0) is 43.0 Å². The number of hydrogen-bond acceptors (Lipinski definition) is 3. The number of benzene rings is 3. The topological polar surface area (TPSA) is 65.2 Å². The quantitative estimate of drug-likeness (QED) is 0.355. The molecular weight excluding hydrogens is 422 g/mol. The fraction of sp³-hybridized carbons (Fsp3) is 0.241. The number of nitrogens with one attached hydrogen (secondary N) is 2. The van der Waals surface area contributed by atoms with Crippen molar-refractivity contribution < 1.29 is 9.59 Å². The van der Waals surface area contributed by atoms with Gasteiger partial charge < -0.3 is 15.2 Å². The van der Waals surface area contributed by atoms with E-state index in [0.29, 0.717) is 18.5 Å².